The van der Waals surface area contributed by atoms with Crippen LogP contribution in [0.15, 0.2) is 30.3 Å². The first-order valence-corrected chi connectivity index (χ1v) is 6.59. The van der Waals surface area contributed by atoms with E-state index >= 15 is 0 Å². The summed E-state index contributed by atoms with van der Waals surface area (Å²) in [6.07, 6.45) is 0.0344. The van der Waals surface area contributed by atoms with Gasteiger partial charge in [-0.15, -0.1) is 0 Å². The van der Waals surface area contributed by atoms with Crippen molar-refractivity contribution in [3.63, 3.8) is 0 Å². The Hall–Kier alpha value is -1.39. The predicted molar refractivity (Wildman–Crippen MR) is 74.3 cm³/mol. The fourth-order valence-electron chi connectivity index (χ4n) is 2.23. The van der Waals surface area contributed by atoms with Crippen molar-refractivity contribution in [1.82, 2.24) is 5.32 Å². The van der Waals surface area contributed by atoms with E-state index in [-0.39, 0.29) is 18.5 Å². The molecule has 1 N–H and O–H groups in total. The smallest absolute Gasteiger partial charge is 0.0940 e. The third-order valence-electron chi connectivity index (χ3n) is 2.97. The number of nitrogens with one attached hydrogen (secondary N) is 1. The highest BCUT2D eigenvalue weighted by Gasteiger charge is 2.20. The molecule has 1 rings (SSSR count). The number of carboxylic acid groups (broad SMARTS) is 1. The van der Waals surface area contributed by atoms with E-state index in [0.717, 1.165) is 12.1 Å². The van der Waals surface area contributed by atoms with Crippen LogP contribution in [-0.4, -0.2) is 44.2 Å². The average Bonchev–Trinajstić information content (AvgIpc) is 2.26. The van der Waals surface area contributed by atoms with E-state index in [1.807, 2.05) is 37.3 Å². The van der Waals surface area contributed by atoms with Crippen molar-refractivity contribution in [2.45, 2.75) is 25.4 Å². The molecule has 2 unspecified atom stereocenters. The van der Waals surface area contributed by atoms with Crippen molar-refractivity contribution < 1.29 is 14.4 Å². The summed E-state index contributed by atoms with van der Waals surface area (Å²) in [5.41, 5.74) is 1.16. The largest absolute Gasteiger partial charge is 0.550 e. The van der Waals surface area contributed by atoms with Crippen LogP contribution in [-0.2, 0) is 4.79 Å². The maximum absolute atomic E-state index is 10.9. The van der Waals surface area contributed by atoms with E-state index in [2.05, 4.69) is 26.5 Å². The Kier molecular flexibility index (Phi) is 5.51. The molecule has 0 saturated carbocycles. The van der Waals surface area contributed by atoms with Crippen LogP contribution in [0.1, 0.15) is 24.9 Å². The van der Waals surface area contributed by atoms with E-state index in [4.69, 9.17) is 0 Å². The molecule has 0 spiro atoms. The standard InChI is InChI=1S/C15H24N2O2/c1-12(13-8-6-5-7-9-13)16-14(10-15(18)19)11-17(2,3)4/h5-9,12,14,16H,10-11H2,1-4H3. The molecule has 0 aliphatic rings. The predicted octanol–water partition coefficient (Wildman–Crippen LogP) is 0.552. The van der Waals surface area contributed by atoms with Crippen LogP contribution in [0.3, 0.4) is 0 Å². The summed E-state index contributed by atoms with van der Waals surface area (Å²) in [6.45, 7) is 2.79. The number of hydrogen-bond donors (Lipinski definition) is 1. The summed E-state index contributed by atoms with van der Waals surface area (Å²) in [5, 5.41) is 14.2. The van der Waals surface area contributed by atoms with Gasteiger partial charge in [0.25, 0.3) is 0 Å². The van der Waals surface area contributed by atoms with Crippen molar-refractivity contribution in [2.24, 2.45) is 0 Å². The number of hydrogen-bond acceptors (Lipinski definition) is 3. The fraction of sp³-hybridized carbons (Fsp3) is 0.533. The van der Waals surface area contributed by atoms with Gasteiger partial charge < -0.3 is 19.7 Å². The Morgan fingerprint density at radius 3 is 2.32 bits per heavy atom. The van der Waals surface area contributed by atoms with Crippen LogP contribution in [0.2, 0.25) is 0 Å². The lowest BCUT2D eigenvalue weighted by atomic mass is 10.1. The lowest BCUT2D eigenvalue weighted by Crippen LogP contribution is -2.49. The van der Waals surface area contributed by atoms with Crippen molar-refractivity contribution in [3.8, 4) is 0 Å². The lowest BCUT2D eigenvalue weighted by Gasteiger charge is -2.32. The summed E-state index contributed by atoms with van der Waals surface area (Å²) in [7, 11) is 6.16. The molecule has 0 bridgehead atoms. The highest BCUT2D eigenvalue weighted by Crippen LogP contribution is 2.13. The van der Waals surface area contributed by atoms with Crippen molar-refractivity contribution in [1.29, 1.82) is 0 Å². The second-order valence-corrected chi connectivity index (χ2v) is 6.04. The summed E-state index contributed by atoms with van der Waals surface area (Å²) in [6, 6.07) is 10.1. The van der Waals surface area contributed by atoms with Crippen LogP contribution in [0.5, 0.6) is 0 Å². The second kappa shape index (κ2) is 6.68. The minimum absolute atomic E-state index is 0.0344. The van der Waals surface area contributed by atoms with Crippen LogP contribution in [0.4, 0.5) is 0 Å². The lowest BCUT2D eigenvalue weighted by molar-refractivity contribution is -0.871. The summed E-state index contributed by atoms with van der Waals surface area (Å²) >= 11 is 0. The number of carboxylic acids is 1. The molecular formula is C15H24N2O2. The topological polar surface area (TPSA) is 52.2 Å². The number of quaternary nitrogens is 1. The number of carbonyl (C=O) groups is 1. The molecule has 0 aliphatic heterocycles. The zero-order valence-corrected chi connectivity index (χ0v) is 12.2. The summed E-state index contributed by atoms with van der Waals surface area (Å²) < 4.78 is 0.715. The molecule has 0 aliphatic carbocycles. The molecule has 4 nitrogen and oxygen atoms in total. The van der Waals surface area contributed by atoms with Gasteiger partial charge in [-0.05, 0) is 12.5 Å². The Morgan fingerprint density at radius 2 is 1.84 bits per heavy atom. The number of nitrogens with zero attached hydrogens (tertiary/aromatic N) is 1. The van der Waals surface area contributed by atoms with Crippen LogP contribution >= 0.6 is 0 Å². The maximum Gasteiger partial charge on any atom is 0.0940 e. The molecule has 0 saturated heterocycles. The Labute approximate surface area is 115 Å². The summed E-state index contributed by atoms with van der Waals surface area (Å²) in [5.74, 6) is -1.01. The third kappa shape index (κ3) is 6.36. The Balaban J connectivity index is 2.68. The average molecular weight is 264 g/mol. The van der Waals surface area contributed by atoms with Gasteiger partial charge >= 0.3 is 0 Å². The van der Waals surface area contributed by atoms with Gasteiger partial charge in [-0.1, -0.05) is 30.3 Å². The molecule has 0 radical (unpaired) electrons. The monoisotopic (exact) mass is 264 g/mol. The molecule has 0 aromatic heterocycles. The van der Waals surface area contributed by atoms with Crippen LogP contribution in [0, 0.1) is 0 Å². The first-order chi connectivity index (χ1) is 8.78. The van der Waals surface area contributed by atoms with Gasteiger partial charge in [0.15, 0.2) is 0 Å². The molecule has 106 valence electrons. The molecule has 4 heteroatoms. The molecular weight excluding hydrogens is 240 g/mol. The quantitative estimate of drug-likeness (QED) is 0.732. The van der Waals surface area contributed by atoms with Gasteiger partial charge in [0, 0.05) is 18.4 Å². The molecule has 0 fully saturated rings. The van der Waals surface area contributed by atoms with Crippen LogP contribution in [0.25, 0.3) is 0 Å². The van der Waals surface area contributed by atoms with E-state index in [1.165, 1.54) is 0 Å². The zero-order chi connectivity index (χ0) is 14.5. The van der Waals surface area contributed by atoms with Crippen LogP contribution < -0.4 is 10.4 Å². The maximum atomic E-state index is 10.9. The zero-order valence-electron chi connectivity index (χ0n) is 12.2. The molecule has 2 atom stereocenters. The van der Waals surface area contributed by atoms with Crippen molar-refractivity contribution in [2.75, 3.05) is 27.7 Å². The summed E-state index contributed by atoms with van der Waals surface area (Å²) in [4.78, 5) is 10.9. The highest BCUT2D eigenvalue weighted by molar-refractivity contribution is 5.65. The van der Waals surface area contributed by atoms with Gasteiger partial charge in [-0.2, -0.15) is 0 Å². The fourth-order valence-corrected chi connectivity index (χ4v) is 2.23. The normalized spacial score (nSPS) is 14.9. The van der Waals surface area contributed by atoms with Gasteiger partial charge in [-0.25, -0.2) is 0 Å². The van der Waals surface area contributed by atoms with Gasteiger partial charge in [0.2, 0.25) is 0 Å². The third-order valence-corrected chi connectivity index (χ3v) is 2.97. The number of rotatable bonds is 7. The number of aliphatic carboxylic acids is 1. The molecule has 0 heterocycles. The first kappa shape index (κ1) is 15.7. The molecule has 0 amide bonds. The van der Waals surface area contributed by atoms with Gasteiger partial charge in [0.05, 0.1) is 33.7 Å². The van der Waals surface area contributed by atoms with Gasteiger partial charge in [-0.3, -0.25) is 0 Å². The van der Waals surface area contributed by atoms with E-state index < -0.39 is 5.97 Å². The number of likely N-dealkylation sites (N-methyl/N-ethyl adjacent to an activating group) is 1. The second-order valence-electron chi connectivity index (χ2n) is 6.04. The SMILES string of the molecule is CC(NC(CC(=O)[O-])C[N+](C)(C)C)c1ccccc1. The minimum atomic E-state index is -1.01. The van der Waals surface area contributed by atoms with E-state index in [0.29, 0.717) is 4.48 Å². The van der Waals surface area contributed by atoms with E-state index in [1.54, 1.807) is 0 Å². The number of benzene rings is 1. The van der Waals surface area contributed by atoms with Crippen molar-refractivity contribution in [3.05, 3.63) is 35.9 Å². The highest BCUT2D eigenvalue weighted by atomic mass is 16.4. The molecule has 1 aromatic carbocycles. The number of carbonyl (C=O) groups excluding carboxylic acids is 1. The Bertz CT molecular complexity index is 398. The Morgan fingerprint density at radius 1 is 1.26 bits per heavy atom. The first-order valence-electron chi connectivity index (χ1n) is 6.59. The minimum Gasteiger partial charge on any atom is -0.550 e. The van der Waals surface area contributed by atoms with E-state index in [9.17, 15) is 9.90 Å². The molecule has 1 aromatic rings. The van der Waals surface area contributed by atoms with Crippen molar-refractivity contribution >= 4 is 5.97 Å². The van der Waals surface area contributed by atoms with Gasteiger partial charge in [0.1, 0.15) is 0 Å². The molecule has 19 heavy (non-hydrogen) atoms.